The first-order chi connectivity index (χ1) is 10.6. The number of amides is 1. The van der Waals surface area contributed by atoms with Gasteiger partial charge in [-0.3, -0.25) is 9.35 Å². The third-order valence-corrected chi connectivity index (χ3v) is 2.29. The first-order valence-corrected chi connectivity index (χ1v) is 7.87. The van der Waals surface area contributed by atoms with Gasteiger partial charge in [-0.2, -0.15) is 34.8 Å². The van der Waals surface area contributed by atoms with E-state index in [1.807, 2.05) is 0 Å². The van der Waals surface area contributed by atoms with Crippen molar-refractivity contribution in [2.45, 2.75) is 18.8 Å². The van der Waals surface area contributed by atoms with Crippen LogP contribution in [0.3, 0.4) is 0 Å². The summed E-state index contributed by atoms with van der Waals surface area (Å²) in [5.41, 5.74) is -2.86. The minimum Gasteiger partial charge on any atom is -0.358 e. The zero-order valence-electron chi connectivity index (χ0n) is 12.1. The molecule has 0 aromatic heterocycles. The Balaban J connectivity index is 0.000000922. The van der Waals surface area contributed by atoms with E-state index in [9.17, 15) is 39.6 Å². The number of benzene rings is 1. The van der Waals surface area contributed by atoms with Crippen LogP contribution in [0, 0.1) is 0 Å². The quantitative estimate of drug-likeness (QED) is 0.363. The van der Waals surface area contributed by atoms with E-state index in [1.54, 1.807) is 0 Å². The zero-order chi connectivity index (χ0) is 19.2. The molecular formula is C12H13F6NO4S. The van der Waals surface area contributed by atoms with Crippen molar-refractivity contribution in [1.82, 2.24) is 5.32 Å². The normalized spacial score (nSPS) is 12.2. The summed E-state index contributed by atoms with van der Waals surface area (Å²) in [6.07, 6.45) is -8.79. The Morgan fingerprint density at radius 3 is 1.71 bits per heavy atom. The van der Waals surface area contributed by atoms with Crippen LogP contribution in [0.5, 0.6) is 0 Å². The Bertz CT molecular complexity index is 614. The predicted molar refractivity (Wildman–Crippen MR) is 71.7 cm³/mol. The molecule has 12 heteroatoms. The maximum atomic E-state index is 12.5. The van der Waals surface area contributed by atoms with Gasteiger partial charge in [0.25, 0.3) is 10.1 Å². The first kappa shape index (κ1) is 22.2. The summed E-state index contributed by atoms with van der Waals surface area (Å²) >= 11 is 0. The molecule has 0 heterocycles. The molecule has 1 aromatic carbocycles. The summed E-state index contributed by atoms with van der Waals surface area (Å²) in [4.78, 5) is 9.98. The molecule has 0 fully saturated rings. The number of hydrogen-bond acceptors (Lipinski definition) is 3. The summed E-state index contributed by atoms with van der Waals surface area (Å²) in [7, 11) is -3.67. The third-order valence-electron chi connectivity index (χ3n) is 2.29. The predicted octanol–water partition coefficient (Wildman–Crippen LogP) is 2.52. The van der Waals surface area contributed by atoms with E-state index < -0.39 is 33.6 Å². The highest BCUT2D eigenvalue weighted by Gasteiger charge is 2.36. The summed E-state index contributed by atoms with van der Waals surface area (Å²) in [6.45, 7) is -0.0396. The molecule has 1 amide bonds. The molecule has 0 atom stereocenters. The van der Waals surface area contributed by atoms with E-state index in [2.05, 4.69) is 5.32 Å². The molecular weight excluding hydrogens is 368 g/mol. The van der Waals surface area contributed by atoms with Crippen molar-refractivity contribution in [1.29, 1.82) is 0 Å². The molecule has 0 spiro atoms. The number of halogens is 6. The average molecular weight is 381 g/mol. The molecule has 5 nitrogen and oxygen atoms in total. The van der Waals surface area contributed by atoms with Crippen molar-refractivity contribution in [3.05, 3.63) is 34.9 Å². The van der Waals surface area contributed by atoms with Gasteiger partial charge in [0, 0.05) is 6.54 Å². The number of hydrogen-bond donors (Lipinski definition) is 2. The number of nitrogens with one attached hydrogen (secondary N) is 1. The van der Waals surface area contributed by atoms with Crippen LogP contribution >= 0.6 is 0 Å². The van der Waals surface area contributed by atoms with Crippen molar-refractivity contribution in [3.8, 4) is 0 Å². The van der Waals surface area contributed by atoms with Gasteiger partial charge in [0.05, 0.1) is 17.4 Å². The second kappa shape index (κ2) is 8.33. The van der Waals surface area contributed by atoms with Crippen molar-refractivity contribution in [2.24, 2.45) is 0 Å². The molecule has 0 saturated carbocycles. The fourth-order valence-corrected chi connectivity index (χ4v) is 1.44. The van der Waals surface area contributed by atoms with Crippen LogP contribution in [0.25, 0.3) is 0 Å². The SMILES string of the molecule is CS(=O)(=O)O.O=CNCCc1cc(C(F)(F)F)cc(C(F)(F)F)c1. The molecule has 0 bridgehead atoms. The maximum absolute atomic E-state index is 12.5. The summed E-state index contributed by atoms with van der Waals surface area (Å²) < 4.78 is 101. The highest BCUT2D eigenvalue weighted by molar-refractivity contribution is 7.85. The van der Waals surface area contributed by atoms with Gasteiger partial charge in [-0.15, -0.1) is 0 Å². The minimum atomic E-state index is -4.85. The standard InChI is InChI=1S/C11H9F6NO.CH4O3S/c12-10(13,14)8-3-7(1-2-18-6-19)4-9(5-8)11(15,16)17;1-5(2,3)4/h3-6H,1-2H2,(H,18,19);1H3,(H,2,3,4). The smallest absolute Gasteiger partial charge is 0.358 e. The van der Waals surface area contributed by atoms with E-state index >= 15 is 0 Å². The molecule has 0 unspecified atom stereocenters. The monoisotopic (exact) mass is 381 g/mol. The van der Waals surface area contributed by atoms with E-state index in [-0.39, 0.29) is 24.6 Å². The molecule has 0 radical (unpaired) electrons. The van der Waals surface area contributed by atoms with Crippen LogP contribution in [0.4, 0.5) is 26.3 Å². The van der Waals surface area contributed by atoms with E-state index in [0.717, 1.165) is 0 Å². The molecule has 24 heavy (non-hydrogen) atoms. The Hall–Kier alpha value is -1.82. The lowest BCUT2D eigenvalue weighted by Gasteiger charge is -2.14. The minimum absolute atomic E-state index is 0.0396. The van der Waals surface area contributed by atoms with E-state index in [4.69, 9.17) is 4.55 Å². The zero-order valence-corrected chi connectivity index (χ0v) is 12.9. The van der Waals surface area contributed by atoms with Crippen molar-refractivity contribution >= 4 is 16.5 Å². The van der Waals surface area contributed by atoms with Gasteiger partial charge >= 0.3 is 12.4 Å². The van der Waals surface area contributed by atoms with Crippen LogP contribution in [0.2, 0.25) is 0 Å². The van der Waals surface area contributed by atoms with Gasteiger partial charge in [0.15, 0.2) is 0 Å². The Morgan fingerprint density at radius 2 is 1.42 bits per heavy atom. The summed E-state index contributed by atoms with van der Waals surface area (Å²) in [5, 5.41) is 2.17. The fourth-order valence-electron chi connectivity index (χ4n) is 1.44. The van der Waals surface area contributed by atoms with Crippen molar-refractivity contribution in [2.75, 3.05) is 12.8 Å². The number of rotatable bonds is 4. The lowest BCUT2D eigenvalue weighted by atomic mass is 10.0. The van der Waals surface area contributed by atoms with Crippen LogP contribution in [0.15, 0.2) is 18.2 Å². The Kier molecular flexibility index (Phi) is 7.70. The second-order valence-electron chi connectivity index (χ2n) is 4.47. The van der Waals surface area contributed by atoms with Crippen LogP contribution < -0.4 is 5.32 Å². The molecule has 138 valence electrons. The Labute approximate surface area is 133 Å². The number of carbonyl (C=O) groups excluding carboxylic acids is 1. The van der Waals surface area contributed by atoms with Gasteiger partial charge in [-0.05, 0) is 30.2 Å². The molecule has 0 aliphatic carbocycles. The van der Waals surface area contributed by atoms with Gasteiger partial charge in [-0.25, -0.2) is 0 Å². The highest BCUT2D eigenvalue weighted by atomic mass is 32.2. The summed E-state index contributed by atoms with van der Waals surface area (Å²) in [5.74, 6) is 0. The molecule has 1 aromatic rings. The number of alkyl halides is 6. The molecule has 0 saturated heterocycles. The second-order valence-corrected chi connectivity index (χ2v) is 5.94. The molecule has 2 N–H and O–H groups in total. The van der Waals surface area contributed by atoms with Crippen LogP contribution in [-0.4, -0.2) is 32.2 Å². The fraction of sp³-hybridized carbons (Fsp3) is 0.417. The van der Waals surface area contributed by atoms with Crippen molar-refractivity contribution in [3.63, 3.8) is 0 Å². The van der Waals surface area contributed by atoms with E-state index in [1.165, 1.54) is 0 Å². The van der Waals surface area contributed by atoms with Gasteiger partial charge in [0.1, 0.15) is 0 Å². The van der Waals surface area contributed by atoms with Gasteiger partial charge < -0.3 is 5.32 Å². The maximum Gasteiger partial charge on any atom is 0.416 e. The lowest BCUT2D eigenvalue weighted by molar-refractivity contribution is -0.143. The molecule has 0 aliphatic heterocycles. The lowest BCUT2D eigenvalue weighted by Crippen LogP contribution is -2.16. The molecule has 0 aliphatic rings. The van der Waals surface area contributed by atoms with Crippen LogP contribution in [0.1, 0.15) is 16.7 Å². The first-order valence-electron chi connectivity index (χ1n) is 6.02. The van der Waals surface area contributed by atoms with E-state index in [0.29, 0.717) is 24.8 Å². The largest absolute Gasteiger partial charge is 0.416 e. The number of carbonyl (C=O) groups is 1. The van der Waals surface area contributed by atoms with Crippen molar-refractivity contribution < 1.29 is 44.1 Å². The molecule has 1 rings (SSSR count). The topological polar surface area (TPSA) is 83.5 Å². The third kappa shape index (κ3) is 10.0. The highest BCUT2D eigenvalue weighted by Crippen LogP contribution is 2.36. The van der Waals surface area contributed by atoms with Gasteiger partial charge in [-0.1, -0.05) is 0 Å². The summed E-state index contributed by atoms with van der Waals surface area (Å²) in [6, 6.07) is 1.35. The average Bonchev–Trinajstić information content (AvgIpc) is 2.34. The van der Waals surface area contributed by atoms with Gasteiger partial charge in [0.2, 0.25) is 6.41 Å². The van der Waals surface area contributed by atoms with Crippen LogP contribution in [-0.2, 0) is 33.7 Å². The Morgan fingerprint density at radius 1 is 1.04 bits per heavy atom.